The van der Waals surface area contributed by atoms with Gasteiger partial charge in [-0.25, -0.2) is 9.59 Å². The molecule has 20 heavy (non-hydrogen) atoms. The van der Waals surface area contributed by atoms with Crippen LogP contribution in [0.4, 0.5) is 4.79 Å². The summed E-state index contributed by atoms with van der Waals surface area (Å²) in [6.45, 7) is 5.61. The zero-order chi connectivity index (χ0) is 15.8. The lowest BCUT2D eigenvalue weighted by molar-refractivity contribution is -0.144. The van der Waals surface area contributed by atoms with Gasteiger partial charge in [0.1, 0.15) is 12.1 Å². The summed E-state index contributed by atoms with van der Waals surface area (Å²) in [5.41, 5.74) is -1.29. The SMILES string of the molecule is CCCN(CC(=O)NC)C(=O)NC(CC)(CC)C(=O)O. The third kappa shape index (κ3) is 4.71. The fourth-order valence-corrected chi connectivity index (χ4v) is 1.84. The minimum Gasteiger partial charge on any atom is -0.480 e. The molecule has 0 heterocycles. The fourth-order valence-electron chi connectivity index (χ4n) is 1.84. The van der Waals surface area contributed by atoms with Gasteiger partial charge in [-0.3, -0.25) is 4.79 Å². The van der Waals surface area contributed by atoms with Crippen molar-refractivity contribution in [2.75, 3.05) is 20.1 Å². The van der Waals surface area contributed by atoms with Crippen molar-refractivity contribution >= 4 is 17.9 Å². The Morgan fingerprint density at radius 1 is 1.15 bits per heavy atom. The molecule has 0 unspecified atom stereocenters. The quantitative estimate of drug-likeness (QED) is 0.615. The molecule has 3 N–H and O–H groups in total. The van der Waals surface area contributed by atoms with Crippen LogP contribution in [0.3, 0.4) is 0 Å². The van der Waals surface area contributed by atoms with Gasteiger partial charge in [0, 0.05) is 13.6 Å². The van der Waals surface area contributed by atoms with Crippen LogP contribution in [0.1, 0.15) is 40.0 Å². The molecular formula is C13H25N3O4. The van der Waals surface area contributed by atoms with Crippen LogP contribution in [-0.4, -0.2) is 53.6 Å². The molecule has 0 aromatic rings. The molecule has 0 bridgehead atoms. The van der Waals surface area contributed by atoms with E-state index in [1.54, 1.807) is 13.8 Å². The summed E-state index contributed by atoms with van der Waals surface area (Å²) < 4.78 is 0. The lowest BCUT2D eigenvalue weighted by Crippen LogP contribution is -2.58. The van der Waals surface area contributed by atoms with Gasteiger partial charge in [0.25, 0.3) is 0 Å². The van der Waals surface area contributed by atoms with Crippen molar-refractivity contribution in [2.24, 2.45) is 0 Å². The highest BCUT2D eigenvalue weighted by atomic mass is 16.4. The molecule has 0 aromatic carbocycles. The van der Waals surface area contributed by atoms with E-state index in [2.05, 4.69) is 10.6 Å². The first kappa shape index (κ1) is 18.2. The number of carbonyl (C=O) groups is 3. The summed E-state index contributed by atoms with van der Waals surface area (Å²) in [7, 11) is 1.49. The largest absolute Gasteiger partial charge is 0.480 e. The molecule has 0 aliphatic carbocycles. The number of nitrogens with zero attached hydrogens (tertiary/aromatic N) is 1. The first-order valence-corrected chi connectivity index (χ1v) is 6.87. The van der Waals surface area contributed by atoms with Crippen LogP contribution in [0.15, 0.2) is 0 Å². The summed E-state index contributed by atoms with van der Waals surface area (Å²) in [5, 5.41) is 14.3. The maximum atomic E-state index is 12.2. The van der Waals surface area contributed by atoms with Crippen molar-refractivity contribution in [1.29, 1.82) is 0 Å². The van der Waals surface area contributed by atoms with Crippen molar-refractivity contribution in [3.63, 3.8) is 0 Å². The minimum absolute atomic E-state index is 0.0840. The molecule has 0 atom stereocenters. The van der Waals surface area contributed by atoms with Crippen molar-refractivity contribution in [1.82, 2.24) is 15.5 Å². The molecule has 0 aliphatic heterocycles. The van der Waals surface area contributed by atoms with Gasteiger partial charge in [0.05, 0.1) is 0 Å². The number of carbonyl (C=O) groups excluding carboxylic acids is 2. The first-order chi connectivity index (χ1) is 9.36. The molecule has 0 saturated carbocycles. The molecule has 0 spiro atoms. The predicted octanol–water partition coefficient (Wildman–Crippen LogP) is 0.797. The lowest BCUT2D eigenvalue weighted by atomic mass is 9.93. The van der Waals surface area contributed by atoms with Gasteiger partial charge >= 0.3 is 12.0 Å². The number of aliphatic carboxylic acids is 1. The summed E-state index contributed by atoms with van der Waals surface area (Å²) in [4.78, 5) is 36.3. The second kappa shape index (κ2) is 8.39. The molecule has 0 saturated heterocycles. The van der Waals surface area contributed by atoms with E-state index in [1.807, 2.05) is 6.92 Å². The Labute approximate surface area is 119 Å². The Morgan fingerprint density at radius 2 is 1.70 bits per heavy atom. The van der Waals surface area contributed by atoms with Gasteiger partial charge in [-0.15, -0.1) is 0 Å². The van der Waals surface area contributed by atoms with Crippen LogP contribution in [-0.2, 0) is 9.59 Å². The Balaban J connectivity index is 4.97. The number of likely N-dealkylation sites (N-methyl/N-ethyl adjacent to an activating group) is 1. The van der Waals surface area contributed by atoms with Crippen LogP contribution < -0.4 is 10.6 Å². The van der Waals surface area contributed by atoms with E-state index in [-0.39, 0.29) is 25.3 Å². The van der Waals surface area contributed by atoms with Crippen molar-refractivity contribution in [2.45, 2.75) is 45.6 Å². The Bertz CT molecular complexity index is 354. The van der Waals surface area contributed by atoms with Gasteiger partial charge in [-0.2, -0.15) is 0 Å². The van der Waals surface area contributed by atoms with E-state index in [1.165, 1.54) is 11.9 Å². The predicted molar refractivity (Wildman–Crippen MR) is 75.4 cm³/mol. The van der Waals surface area contributed by atoms with Crippen molar-refractivity contribution in [3.8, 4) is 0 Å². The van der Waals surface area contributed by atoms with Gasteiger partial charge < -0.3 is 20.6 Å². The second-order valence-corrected chi connectivity index (χ2v) is 4.62. The number of carboxylic acid groups (broad SMARTS) is 1. The Hall–Kier alpha value is -1.79. The third-order valence-corrected chi connectivity index (χ3v) is 3.36. The number of amides is 3. The molecule has 3 amide bonds. The van der Waals surface area contributed by atoms with Crippen LogP contribution >= 0.6 is 0 Å². The monoisotopic (exact) mass is 287 g/mol. The first-order valence-electron chi connectivity index (χ1n) is 6.87. The van der Waals surface area contributed by atoms with Crippen LogP contribution in [0.2, 0.25) is 0 Å². The topological polar surface area (TPSA) is 98.7 Å². The molecule has 0 aliphatic rings. The van der Waals surface area contributed by atoms with E-state index < -0.39 is 17.5 Å². The van der Waals surface area contributed by atoms with Gasteiger partial charge in [0.2, 0.25) is 5.91 Å². The van der Waals surface area contributed by atoms with E-state index in [0.717, 1.165) is 0 Å². The zero-order valence-corrected chi connectivity index (χ0v) is 12.7. The summed E-state index contributed by atoms with van der Waals surface area (Å²) in [5.74, 6) is -1.35. The number of hydrogen-bond acceptors (Lipinski definition) is 3. The fraction of sp³-hybridized carbons (Fsp3) is 0.769. The average Bonchev–Trinajstić information content (AvgIpc) is 2.43. The van der Waals surface area contributed by atoms with Crippen molar-refractivity contribution < 1.29 is 19.5 Å². The third-order valence-electron chi connectivity index (χ3n) is 3.36. The van der Waals surface area contributed by atoms with E-state index in [9.17, 15) is 19.5 Å². The molecule has 7 nitrogen and oxygen atoms in total. The molecule has 116 valence electrons. The average molecular weight is 287 g/mol. The highest BCUT2D eigenvalue weighted by Gasteiger charge is 2.37. The molecule has 0 aromatic heterocycles. The summed E-state index contributed by atoms with van der Waals surface area (Å²) >= 11 is 0. The van der Waals surface area contributed by atoms with Gasteiger partial charge in [-0.05, 0) is 19.3 Å². The molecule has 0 rings (SSSR count). The second-order valence-electron chi connectivity index (χ2n) is 4.62. The van der Waals surface area contributed by atoms with E-state index >= 15 is 0 Å². The maximum Gasteiger partial charge on any atom is 0.329 e. The molecule has 0 radical (unpaired) electrons. The summed E-state index contributed by atoms with van der Waals surface area (Å²) in [6.07, 6.45) is 1.25. The summed E-state index contributed by atoms with van der Waals surface area (Å²) in [6, 6.07) is -0.526. The number of hydrogen-bond donors (Lipinski definition) is 3. The highest BCUT2D eigenvalue weighted by molar-refractivity contribution is 5.88. The van der Waals surface area contributed by atoms with Crippen LogP contribution in [0.5, 0.6) is 0 Å². The Kier molecular flexibility index (Phi) is 7.64. The number of rotatable bonds is 8. The van der Waals surface area contributed by atoms with E-state index in [0.29, 0.717) is 13.0 Å². The van der Waals surface area contributed by atoms with Crippen LogP contribution in [0, 0.1) is 0 Å². The lowest BCUT2D eigenvalue weighted by Gasteiger charge is -2.31. The van der Waals surface area contributed by atoms with Gasteiger partial charge in [-0.1, -0.05) is 20.8 Å². The van der Waals surface area contributed by atoms with Gasteiger partial charge in [0.15, 0.2) is 0 Å². The molecule has 0 fully saturated rings. The van der Waals surface area contributed by atoms with Crippen LogP contribution in [0.25, 0.3) is 0 Å². The molecule has 7 heteroatoms. The highest BCUT2D eigenvalue weighted by Crippen LogP contribution is 2.16. The number of nitrogens with one attached hydrogen (secondary N) is 2. The number of urea groups is 1. The maximum absolute atomic E-state index is 12.2. The minimum atomic E-state index is -1.29. The standard InChI is InChI=1S/C13H25N3O4/c1-5-8-16(9-10(17)14-4)12(20)15-13(6-2,7-3)11(18)19/h5-9H2,1-4H3,(H,14,17)(H,15,20)(H,18,19). The Morgan fingerprint density at radius 3 is 2.05 bits per heavy atom. The normalized spacial score (nSPS) is 10.8. The number of carboxylic acids is 1. The smallest absolute Gasteiger partial charge is 0.329 e. The van der Waals surface area contributed by atoms with E-state index in [4.69, 9.17) is 0 Å². The molecular weight excluding hydrogens is 262 g/mol. The zero-order valence-electron chi connectivity index (χ0n) is 12.7. The van der Waals surface area contributed by atoms with Crippen molar-refractivity contribution in [3.05, 3.63) is 0 Å².